The monoisotopic (exact) mass is 262 g/mol. The molecule has 0 aliphatic carbocycles. The number of nitrogens with zero attached hydrogens (tertiary/aromatic N) is 2. The van der Waals surface area contributed by atoms with Gasteiger partial charge in [-0.2, -0.15) is 0 Å². The Morgan fingerprint density at radius 3 is 3.00 bits per heavy atom. The third-order valence-electron chi connectivity index (χ3n) is 2.53. The van der Waals surface area contributed by atoms with Crippen LogP contribution in [0.1, 0.15) is 15.2 Å². The van der Waals surface area contributed by atoms with Gasteiger partial charge in [0.15, 0.2) is 0 Å². The third kappa shape index (κ3) is 2.87. The molecule has 0 aliphatic rings. The molecule has 0 aliphatic heterocycles. The quantitative estimate of drug-likeness (QED) is 0.794. The Balaban J connectivity index is 2.15. The molecule has 0 saturated carbocycles. The number of aromatic nitrogens is 1. The molecule has 2 heterocycles. The van der Waals surface area contributed by atoms with Gasteiger partial charge in [-0.1, -0.05) is 6.07 Å². The fraction of sp³-hybridized carbons (Fsp3) is 0.231. The van der Waals surface area contributed by atoms with Gasteiger partial charge in [0.2, 0.25) is 0 Å². The van der Waals surface area contributed by atoms with Gasteiger partial charge in [0, 0.05) is 18.1 Å². The standard InChI is InChI=1S/C13H14N2O2S/c1-15(9-11-4-3-7-18-11)12-8-10(5-6-14-12)13(16)17-2/h3-8H,9H2,1-2H3. The number of anilines is 1. The number of hydrogen-bond donors (Lipinski definition) is 0. The Labute approximate surface area is 110 Å². The fourth-order valence-electron chi connectivity index (χ4n) is 1.59. The van der Waals surface area contributed by atoms with Gasteiger partial charge in [0.25, 0.3) is 0 Å². The van der Waals surface area contributed by atoms with Gasteiger partial charge in [-0.25, -0.2) is 9.78 Å². The Bertz CT molecular complexity index is 526. The van der Waals surface area contributed by atoms with E-state index in [1.54, 1.807) is 29.7 Å². The number of ether oxygens (including phenoxy) is 1. The molecule has 0 atom stereocenters. The second-order valence-corrected chi connectivity index (χ2v) is 4.86. The van der Waals surface area contributed by atoms with E-state index >= 15 is 0 Å². The zero-order valence-corrected chi connectivity index (χ0v) is 11.1. The van der Waals surface area contributed by atoms with E-state index in [2.05, 4.69) is 11.1 Å². The first-order valence-corrected chi connectivity index (χ1v) is 6.36. The van der Waals surface area contributed by atoms with Crippen LogP contribution in [0.15, 0.2) is 35.8 Å². The molecule has 0 radical (unpaired) electrons. The maximum atomic E-state index is 11.4. The fourth-order valence-corrected chi connectivity index (χ4v) is 2.35. The molecule has 94 valence electrons. The Hall–Kier alpha value is -1.88. The lowest BCUT2D eigenvalue weighted by Crippen LogP contribution is -2.17. The van der Waals surface area contributed by atoms with E-state index < -0.39 is 0 Å². The predicted octanol–water partition coefficient (Wildman–Crippen LogP) is 2.57. The van der Waals surface area contributed by atoms with Gasteiger partial charge in [-0.15, -0.1) is 11.3 Å². The summed E-state index contributed by atoms with van der Waals surface area (Å²) in [6.45, 7) is 0.773. The lowest BCUT2D eigenvalue weighted by Gasteiger charge is -2.17. The van der Waals surface area contributed by atoms with Crippen molar-refractivity contribution in [3.8, 4) is 0 Å². The first-order chi connectivity index (χ1) is 8.70. The smallest absolute Gasteiger partial charge is 0.338 e. The molecule has 0 aromatic carbocycles. The zero-order chi connectivity index (χ0) is 13.0. The van der Waals surface area contributed by atoms with Crippen LogP contribution in [0.25, 0.3) is 0 Å². The largest absolute Gasteiger partial charge is 0.465 e. The highest BCUT2D eigenvalue weighted by atomic mass is 32.1. The molecule has 0 saturated heterocycles. The van der Waals surface area contributed by atoms with Crippen LogP contribution in [0.5, 0.6) is 0 Å². The van der Waals surface area contributed by atoms with Crippen molar-refractivity contribution < 1.29 is 9.53 Å². The number of hydrogen-bond acceptors (Lipinski definition) is 5. The zero-order valence-electron chi connectivity index (χ0n) is 10.3. The highest BCUT2D eigenvalue weighted by Gasteiger charge is 2.09. The molecule has 4 nitrogen and oxygen atoms in total. The average molecular weight is 262 g/mol. The molecule has 0 amide bonds. The first kappa shape index (κ1) is 12.6. The van der Waals surface area contributed by atoms with Crippen LogP contribution in [-0.2, 0) is 11.3 Å². The molecule has 0 N–H and O–H groups in total. The van der Waals surface area contributed by atoms with Crippen LogP contribution in [0.2, 0.25) is 0 Å². The van der Waals surface area contributed by atoms with Gasteiger partial charge in [0.1, 0.15) is 5.82 Å². The van der Waals surface area contributed by atoms with E-state index in [0.29, 0.717) is 5.56 Å². The molecule has 0 fully saturated rings. The second-order valence-electron chi connectivity index (χ2n) is 3.83. The van der Waals surface area contributed by atoms with Crippen LogP contribution in [-0.4, -0.2) is 25.1 Å². The van der Waals surface area contributed by atoms with Crippen LogP contribution in [0, 0.1) is 0 Å². The van der Waals surface area contributed by atoms with Crippen molar-refractivity contribution >= 4 is 23.1 Å². The Morgan fingerprint density at radius 1 is 1.50 bits per heavy atom. The van der Waals surface area contributed by atoms with E-state index in [9.17, 15) is 4.79 Å². The minimum atomic E-state index is -0.344. The molecule has 0 bridgehead atoms. The SMILES string of the molecule is COC(=O)c1ccnc(N(C)Cc2cccs2)c1. The molecule has 0 unspecified atom stereocenters. The van der Waals surface area contributed by atoms with Crippen molar-refractivity contribution in [2.75, 3.05) is 19.1 Å². The number of rotatable bonds is 4. The molecule has 18 heavy (non-hydrogen) atoms. The van der Waals surface area contributed by atoms with Gasteiger partial charge >= 0.3 is 5.97 Å². The molecular formula is C13H14N2O2S. The summed E-state index contributed by atoms with van der Waals surface area (Å²) in [6.07, 6.45) is 1.62. The Kier molecular flexibility index (Phi) is 3.94. The van der Waals surface area contributed by atoms with E-state index in [-0.39, 0.29) is 5.97 Å². The molecule has 2 rings (SSSR count). The number of carbonyl (C=O) groups is 1. The van der Waals surface area contributed by atoms with Crippen molar-refractivity contribution in [1.82, 2.24) is 4.98 Å². The third-order valence-corrected chi connectivity index (χ3v) is 3.39. The van der Waals surface area contributed by atoms with Gasteiger partial charge in [-0.3, -0.25) is 0 Å². The highest BCUT2D eigenvalue weighted by molar-refractivity contribution is 7.09. The molecule has 5 heteroatoms. The van der Waals surface area contributed by atoms with E-state index in [0.717, 1.165) is 12.4 Å². The lowest BCUT2D eigenvalue weighted by atomic mass is 10.2. The van der Waals surface area contributed by atoms with Crippen LogP contribution in [0.3, 0.4) is 0 Å². The van der Waals surface area contributed by atoms with Crippen LogP contribution in [0.4, 0.5) is 5.82 Å². The first-order valence-electron chi connectivity index (χ1n) is 5.48. The minimum absolute atomic E-state index is 0.344. The molecular weight excluding hydrogens is 248 g/mol. The van der Waals surface area contributed by atoms with E-state index in [1.807, 2.05) is 23.4 Å². The number of pyridine rings is 1. The summed E-state index contributed by atoms with van der Waals surface area (Å²) in [7, 11) is 3.32. The lowest BCUT2D eigenvalue weighted by molar-refractivity contribution is 0.0600. The van der Waals surface area contributed by atoms with Crippen LogP contribution >= 0.6 is 11.3 Å². The van der Waals surface area contributed by atoms with Crippen molar-refractivity contribution in [3.63, 3.8) is 0 Å². The van der Waals surface area contributed by atoms with Crippen molar-refractivity contribution in [1.29, 1.82) is 0 Å². The van der Waals surface area contributed by atoms with Crippen molar-refractivity contribution in [2.24, 2.45) is 0 Å². The van der Waals surface area contributed by atoms with E-state index in [4.69, 9.17) is 4.74 Å². The van der Waals surface area contributed by atoms with Crippen molar-refractivity contribution in [3.05, 3.63) is 46.3 Å². The summed E-state index contributed by atoms with van der Waals surface area (Å²) in [5.41, 5.74) is 0.514. The summed E-state index contributed by atoms with van der Waals surface area (Å²) >= 11 is 1.70. The summed E-state index contributed by atoms with van der Waals surface area (Å²) in [5.74, 6) is 0.412. The average Bonchev–Trinajstić information content (AvgIpc) is 2.90. The Morgan fingerprint density at radius 2 is 2.33 bits per heavy atom. The maximum Gasteiger partial charge on any atom is 0.338 e. The topological polar surface area (TPSA) is 42.4 Å². The van der Waals surface area contributed by atoms with Gasteiger partial charge in [-0.05, 0) is 23.6 Å². The normalized spacial score (nSPS) is 10.1. The minimum Gasteiger partial charge on any atom is -0.465 e. The maximum absolute atomic E-state index is 11.4. The number of esters is 1. The number of carbonyl (C=O) groups excluding carboxylic acids is 1. The van der Waals surface area contributed by atoms with Crippen LogP contribution < -0.4 is 4.90 Å². The number of thiophene rings is 1. The second kappa shape index (κ2) is 5.64. The van der Waals surface area contributed by atoms with E-state index in [1.165, 1.54) is 12.0 Å². The summed E-state index contributed by atoms with van der Waals surface area (Å²) in [4.78, 5) is 18.9. The highest BCUT2D eigenvalue weighted by Crippen LogP contribution is 2.17. The molecule has 0 spiro atoms. The van der Waals surface area contributed by atoms with Gasteiger partial charge in [0.05, 0.1) is 19.2 Å². The molecule has 2 aromatic rings. The summed E-state index contributed by atoms with van der Waals surface area (Å²) < 4.78 is 4.69. The number of methoxy groups -OCH3 is 1. The summed E-state index contributed by atoms with van der Waals surface area (Å²) in [5, 5.41) is 2.04. The predicted molar refractivity (Wildman–Crippen MR) is 72.0 cm³/mol. The van der Waals surface area contributed by atoms with Gasteiger partial charge < -0.3 is 9.64 Å². The van der Waals surface area contributed by atoms with Crippen molar-refractivity contribution in [2.45, 2.75) is 6.54 Å². The molecule has 2 aromatic heterocycles. The summed E-state index contributed by atoms with van der Waals surface area (Å²) in [6, 6.07) is 7.48.